The highest BCUT2D eigenvalue weighted by Gasteiger charge is 2.07. The van der Waals surface area contributed by atoms with Gasteiger partial charge in [0, 0.05) is 15.6 Å². The number of hydrogen-bond acceptors (Lipinski definition) is 3. The molecular formula is C16H14Cl3NO2. The van der Waals surface area contributed by atoms with Crippen LogP contribution in [0.15, 0.2) is 57.6 Å². The Balaban J connectivity index is 0.00000176. The zero-order valence-corrected chi connectivity index (χ0v) is 13.8. The Kier molecular flexibility index (Phi) is 5.98. The van der Waals surface area contributed by atoms with E-state index in [2.05, 4.69) is 5.32 Å². The Bertz CT molecular complexity index is 703. The molecule has 3 nitrogen and oxygen atoms in total. The Labute approximate surface area is 144 Å². The normalized spacial score (nSPS) is 10.5. The van der Waals surface area contributed by atoms with Crippen molar-refractivity contribution in [1.82, 2.24) is 5.32 Å². The molecule has 0 atom stereocenters. The monoisotopic (exact) mass is 357 g/mol. The van der Waals surface area contributed by atoms with Crippen LogP contribution in [-0.2, 0) is 13.1 Å². The second-order valence-corrected chi connectivity index (χ2v) is 5.48. The summed E-state index contributed by atoms with van der Waals surface area (Å²) in [5.74, 6) is 2.48. The molecule has 0 unspecified atom stereocenters. The van der Waals surface area contributed by atoms with Gasteiger partial charge in [0.2, 0.25) is 0 Å². The number of benzene rings is 1. The van der Waals surface area contributed by atoms with E-state index < -0.39 is 0 Å². The molecule has 1 N–H and O–H groups in total. The molecule has 2 aromatic heterocycles. The maximum atomic E-state index is 6.00. The van der Waals surface area contributed by atoms with Gasteiger partial charge < -0.3 is 14.2 Å². The maximum absolute atomic E-state index is 6.00. The first-order chi connectivity index (χ1) is 10.2. The Morgan fingerprint density at radius 2 is 1.64 bits per heavy atom. The van der Waals surface area contributed by atoms with Crippen molar-refractivity contribution in [2.45, 2.75) is 13.1 Å². The molecule has 1 aromatic carbocycles. The first-order valence-electron chi connectivity index (χ1n) is 6.49. The fourth-order valence-electron chi connectivity index (χ4n) is 2.05. The Hall–Kier alpha value is -1.39. The molecule has 0 aliphatic rings. The highest BCUT2D eigenvalue weighted by molar-refractivity contribution is 6.35. The van der Waals surface area contributed by atoms with Gasteiger partial charge in [0.15, 0.2) is 0 Å². The second-order valence-electron chi connectivity index (χ2n) is 4.61. The van der Waals surface area contributed by atoms with Gasteiger partial charge in [0.25, 0.3) is 0 Å². The first kappa shape index (κ1) is 17.0. The quantitative estimate of drug-likeness (QED) is 0.649. The highest BCUT2D eigenvalue weighted by Crippen LogP contribution is 2.28. The lowest BCUT2D eigenvalue weighted by atomic mass is 10.2. The lowest BCUT2D eigenvalue weighted by Gasteiger charge is -2.01. The van der Waals surface area contributed by atoms with Crippen molar-refractivity contribution in [3.05, 3.63) is 70.3 Å². The Morgan fingerprint density at radius 3 is 2.32 bits per heavy atom. The third kappa shape index (κ3) is 4.31. The predicted molar refractivity (Wildman–Crippen MR) is 90.7 cm³/mol. The van der Waals surface area contributed by atoms with E-state index in [4.69, 9.17) is 32.0 Å². The van der Waals surface area contributed by atoms with Gasteiger partial charge in [-0.1, -0.05) is 23.2 Å². The molecule has 2 heterocycles. The van der Waals surface area contributed by atoms with E-state index in [-0.39, 0.29) is 12.4 Å². The van der Waals surface area contributed by atoms with E-state index in [0.29, 0.717) is 23.1 Å². The lowest BCUT2D eigenvalue weighted by molar-refractivity contribution is 0.455. The highest BCUT2D eigenvalue weighted by atomic mass is 35.5. The van der Waals surface area contributed by atoms with Crippen LogP contribution in [0.4, 0.5) is 0 Å². The predicted octanol–water partition coefficient (Wildman–Crippen LogP) is 5.56. The maximum Gasteiger partial charge on any atom is 0.134 e. The number of nitrogens with one attached hydrogen (secondary N) is 1. The van der Waals surface area contributed by atoms with Crippen molar-refractivity contribution in [1.29, 1.82) is 0 Å². The van der Waals surface area contributed by atoms with Gasteiger partial charge in [-0.05, 0) is 42.5 Å². The minimum atomic E-state index is 0. The van der Waals surface area contributed by atoms with Gasteiger partial charge in [-0.3, -0.25) is 0 Å². The molecule has 3 rings (SSSR count). The summed E-state index contributed by atoms with van der Waals surface area (Å²) in [5.41, 5.74) is 0.866. The van der Waals surface area contributed by atoms with Crippen LogP contribution in [0.3, 0.4) is 0 Å². The van der Waals surface area contributed by atoms with Crippen molar-refractivity contribution in [3.8, 4) is 11.3 Å². The van der Waals surface area contributed by atoms with Crippen LogP contribution < -0.4 is 5.32 Å². The summed E-state index contributed by atoms with van der Waals surface area (Å²) in [7, 11) is 0. The molecule has 0 fully saturated rings. The SMILES string of the molecule is Cl.Clc1cc(Cl)cc(-c2ccc(CNCc3ccco3)o2)c1. The van der Waals surface area contributed by atoms with E-state index in [9.17, 15) is 0 Å². The summed E-state index contributed by atoms with van der Waals surface area (Å²) < 4.78 is 11.0. The molecular weight excluding hydrogens is 345 g/mol. The number of halogens is 3. The molecule has 0 spiro atoms. The van der Waals surface area contributed by atoms with Crippen molar-refractivity contribution in [2.24, 2.45) is 0 Å². The first-order valence-corrected chi connectivity index (χ1v) is 7.24. The van der Waals surface area contributed by atoms with Crippen LogP contribution in [0.25, 0.3) is 11.3 Å². The minimum Gasteiger partial charge on any atom is -0.468 e. The van der Waals surface area contributed by atoms with Crippen LogP contribution in [0.5, 0.6) is 0 Å². The molecule has 0 bridgehead atoms. The lowest BCUT2D eigenvalue weighted by Crippen LogP contribution is -2.11. The molecule has 0 amide bonds. The van der Waals surface area contributed by atoms with E-state index in [0.717, 1.165) is 22.8 Å². The van der Waals surface area contributed by atoms with E-state index in [1.54, 1.807) is 12.3 Å². The molecule has 116 valence electrons. The van der Waals surface area contributed by atoms with Gasteiger partial charge in [0.1, 0.15) is 17.3 Å². The largest absolute Gasteiger partial charge is 0.468 e. The van der Waals surface area contributed by atoms with E-state index in [1.165, 1.54) is 0 Å². The summed E-state index contributed by atoms with van der Waals surface area (Å²) in [5, 5.41) is 4.43. The summed E-state index contributed by atoms with van der Waals surface area (Å²) >= 11 is 12.0. The zero-order chi connectivity index (χ0) is 14.7. The van der Waals surface area contributed by atoms with E-state index >= 15 is 0 Å². The molecule has 0 saturated heterocycles. The fraction of sp³-hybridized carbons (Fsp3) is 0.125. The topological polar surface area (TPSA) is 38.3 Å². The number of hydrogen-bond donors (Lipinski definition) is 1. The van der Waals surface area contributed by atoms with Gasteiger partial charge in [0.05, 0.1) is 19.4 Å². The van der Waals surface area contributed by atoms with E-state index in [1.807, 2.05) is 36.4 Å². The molecule has 22 heavy (non-hydrogen) atoms. The van der Waals surface area contributed by atoms with Crippen LogP contribution in [0.1, 0.15) is 11.5 Å². The van der Waals surface area contributed by atoms with Crippen molar-refractivity contribution in [3.63, 3.8) is 0 Å². The van der Waals surface area contributed by atoms with Crippen molar-refractivity contribution in [2.75, 3.05) is 0 Å². The third-order valence-corrected chi connectivity index (χ3v) is 3.42. The van der Waals surface area contributed by atoms with Crippen molar-refractivity contribution >= 4 is 35.6 Å². The molecule has 0 aliphatic carbocycles. The van der Waals surface area contributed by atoms with Gasteiger partial charge in [-0.25, -0.2) is 0 Å². The zero-order valence-electron chi connectivity index (χ0n) is 11.5. The molecule has 0 radical (unpaired) electrons. The molecule has 0 aliphatic heterocycles. The van der Waals surface area contributed by atoms with Gasteiger partial charge >= 0.3 is 0 Å². The summed E-state index contributed by atoms with van der Waals surface area (Å²) in [6.45, 7) is 1.28. The van der Waals surface area contributed by atoms with Crippen LogP contribution in [-0.4, -0.2) is 0 Å². The number of rotatable bonds is 5. The summed E-state index contributed by atoms with van der Waals surface area (Å²) in [4.78, 5) is 0. The average Bonchev–Trinajstić information content (AvgIpc) is 3.09. The molecule has 6 heteroatoms. The average molecular weight is 359 g/mol. The summed E-state index contributed by atoms with van der Waals surface area (Å²) in [6, 6.07) is 13.0. The second kappa shape index (κ2) is 7.75. The summed E-state index contributed by atoms with van der Waals surface area (Å²) in [6.07, 6.45) is 1.66. The molecule has 0 saturated carbocycles. The minimum absolute atomic E-state index is 0. The molecule has 3 aromatic rings. The third-order valence-electron chi connectivity index (χ3n) is 2.99. The van der Waals surface area contributed by atoms with Crippen LogP contribution >= 0.6 is 35.6 Å². The standard InChI is InChI=1S/C16H13Cl2NO2.ClH/c17-12-6-11(7-13(18)8-12)16-4-3-15(21-16)10-19-9-14-2-1-5-20-14;/h1-8,19H,9-10H2;1H. The van der Waals surface area contributed by atoms with Crippen LogP contribution in [0, 0.1) is 0 Å². The van der Waals surface area contributed by atoms with Crippen molar-refractivity contribution < 1.29 is 8.83 Å². The fourth-order valence-corrected chi connectivity index (χ4v) is 2.57. The van der Waals surface area contributed by atoms with Crippen LogP contribution in [0.2, 0.25) is 10.0 Å². The number of furan rings is 2. The van der Waals surface area contributed by atoms with Gasteiger partial charge in [-0.2, -0.15) is 0 Å². The van der Waals surface area contributed by atoms with Gasteiger partial charge in [-0.15, -0.1) is 12.4 Å². The Morgan fingerprint density at radius 1 is 0.909 bits per heavy atom. The smallest absolute Gasteiger partial charge is 0.134 e.